The van der Waals surface area contributed by atoms with Crippen LogP contribution in [0.25, 0.3) is 0 Å². The van der Waals surface area contributed by atoms with Crippen LogP contribution < -0.4 is 10.1 Å². The van der Waals surface area contributed by atoms with Crippen molar-refractivity contribution in [1.29, 1.82) is 0 Å². The van der Waals surface area contributed by atoms with Crippen molar-refractivity contribution in [2.75, 3.05) is 13.7 Å². The average molecular weight is 337 g/mol. The van der Waals surface area contributed by atoms with Gasteiger partial charge in [-0.2, -0.15) is 0 Å². The van der Waals surface area contributed by atoms with Crippen LogP contribution in [-0.4, -0.2) is 31.3 Å². The molecule has 24 heavy (non-hydrogen) atoms. The zero-order valence-corrected chi connectivity index (χ0v) is 15.1. The van der Waals surface area contributed by atoms with Crippen molar-refractivity contribution in [3.05, 3.63) is 29.3 Å². The molecule has 1 N–H and O–H groups in total. The summed E-state index contributed by atoms with van der Waals surface area (Å²) in [4.78, 5) is 23.2. The number of hydrogen-bond acceptors (Lipinski definition) is 5. The lowest BCUT2D eigenvalue weighted by Crippen LogP contribution is -2.33. The van der Waals surface area contributed by atoms with E-state index in [2.05, 4.69) is 5.32 Å². The van der Waals surface area contributed by atoms with E-state index in [4.69, 9.17) is 14.2 Å². The van der Waals surface area contributed by atoms with Gasteiger partial charge in [-0.15, -0.1) is 0 Å². The molecule has 0 saturated carbocycles. The Bertz CT molecular complexity index is 563. The van der Waals surface area contributed by atoms with Gasteiger partial charge in [-0.1, -0.05) is 11.6 Å². The molecule has 1 aromatic rings. The molecule has 6 nitrogen and oxygen atoms in total. The topological polar surface area (TPSA) is 73.9 Å². The van der Waals surface area contributed by atoms with E-state index in [0.717, 1.165) is 11.1 Å². The molecule has 6 heteroatoms. The summed E-state index contributed by atoms with van der Waals surface area (Å²) >= 11 is 0. The van der Waals surface area contributed by atoms with Crippen molar-refractivity contribution >= 4 is 12.1 Å². The summed E-state index contributed by atoms with van der Waals surface area (Å²) in [5, 5.41) is 2.61. The molecule has 0 atom stereocenters. The summed E-state index contributed by atoms with van der Waals surface area (Å²) in [5.41, 5.74) is 1.37. The maximum atomic E-state index is 11.8. The van der Waals surface area contributed by atoms with Crippen molar-refractivity contribution in [2.45, 2.75) is 52.7 Å². The molecule has 0 aliphatic carbocycles. The van der Waals surface area contributed by atoms with E-state index in [0.29, 0.717) is 18.7 Å². The Morgan fingerprint density at radius 1 is 1.21 bits per heavy atom. The molecule has 0 spiro atoms. The highest BCUT2D eigenvalue weighted by Crippen LogP contribution is 2.20. The lowest BCUT2D eigenvalue weighted by molar-refractivity contribution is -0.145. The summed E-state index contributed by atoms with van der Waals surface area (Å²) in [6, 6.07) is 5.71. The first-order chi connectivity index (χ1) is 11.2. The second-order valence-electron chi connectivity index (χ2n) is 6.51. The Hall–Kier alpha value is -2.24. The number of carbonyl (C=O) groups is 2. The number of carbonyl (C=O) groups excluding carboxylic acids is 2. The molecule has 134 valence electrons. The van der Waals surface area contributed by atoms with Crippen LogP contribution in [0, 0.1) is 6.92 Å². The van der Waals surface area contributed by atoms with Crippen LogP contribution in [0.2, 0.25) is 0 Å². The Morgan fingerprint density at radius 2 is 1.92 bits per heavy atom. The minimum absolute atomic E-state index is 0.170. The van der Waals surface area contributed by atoms with Gasteiger partial charge in [0.2, 0.25) is 0 Å². The van der Waals surface area contributed by atoms with Crippen LogP contribution in [0.1, 0.15) is 44.7 Å². The van der Waals surface area contributed by atoms with Crippen molar-refractivity contribution in [1.82, 2.24) is 5.32 Å². The molecular formula is C18H27NO5. The molecule has 0 bridgehead atoms. The van der Waals surface area contributed by atoms with Gasteiger partial charge in [0.25, 0.3) is 0 Å². The third-order valence-corrected chi connectivity index (χ3v) is 3.05. The van der Waals surface area contributed by atoms with Gasteiger partial charge in [0, 0.05) is 18.5 Å². The van der Waals surface area contributed by atoms with Gasteiger partial charge in [-0.05, 0) is 46.2 Å². The number of nitrogens with one attached hydrogen (secondary N) is 1. The van der Waals surface area contributed by atoms with E-state index in [9.17, 15) is 9.59 Å². The maximum absolute atomic E-state index is 11.8. The summed E-state index contributed by atoms with van der Waals surface area (Å²) in [7, 11) is 1.58. The summed E-state index contributed by atoms with van der Waals surface area (Å²) in [5.74, 6) is 0.379. The Morgan fingerprint density at radius 3 is 2.54 bits per heavy atom. The number of benzene rings is 1. The molecule has 1 rings (SSSR count). The predicted octanol–water partition coefficient (Wildman–Crippen LogP) is 3.35. The lowest BCUT2D eigenvalue weighted by Gasteiger charge is -2.19. The van der Waals surface area contributed by atoms with Crippen LogP contribution in [0.4, 0.5) is 4.79 Å². The third-order valence-electron chi connectivity index (χ3n) is 3.05. The summed E-state index contributed by atoms with van der Waals surface area (Å²) in [6.45, 7) is 7.88. The predicted molar refractivity (Wildman–Crippen MR) is 91.0 cm³/mol. The highest BCUT2D eigenvalue weighted by Gasteiger charge is 2.15. The smallest absolute Gasteiger partial charge is 0.407 e. The Kier molecular flexibility index (Phi) is 7.55. The zero-order valence-electron chi connectivity index (χ0n) is 15.1. The van der Waals surface area contributed by atoms with Gasteiger partial charge in [0.05, 0.1) is 7.11 Å². The van der Waals surface area contributed by atoms with Gasteiger partial charge in [0.1, 0.15) is 18.0 Å². The number of ether oxygens (including phenoxy) is 3. The van der Waals surface area contributed by atoms with Crippen LogP contribution >= 0.6 is 0 Å². The monoisotopic (exact) mass is 337 g/mol. The molecule has 0 fully saturated rings. The fourth-order valence-electron chi connectivity index (χ4n) is 1.99. The molecule has 0 heterocycles. The van der Waals surface area contributed by atoms with Gasteiger partial charge in [-0.25, -0.2) is 4.79 Å². The fraction of sp³-hybridized carbons (Fsp3) is 0.556. The first-order valence-corrected chi connectivity index (χ1v) is 7.97. The molecule has 0 aliphatic rings. The van der Waals surface area contributed by atoms with E-state index >= 15 is 0 Å². The first-order valence-electron chi connectivity index (χ1n) is 7.97. The summed E-state index contributed by atoms with van der Waals surface area (Å²) < 4.78 is 15.6. The number of alkyl carbamates (subject to hydrolysis) is 1. The fourth-order valence-corrected chi connectivity index (χ4v) is 1.99. The van der Waals surface area contributed by atoms with E-state index in [1.54, 1.807) is 27.9 Å². The third kappa shape index (κ3) is 7.85. The second-order valence-corrected chi connectivity index (χ2v) is 6.51. The lowest BCUT2D eigenvalue weighted by atomic mass is 10.1. The molecule has 0 saturated heterocycles. The Balaban J connectivity index is 2.28. The molecule has 0 unspecified atom stereocenters. The molecule has 1 aromatic carbocycles. The van der Waals surface area contributed by atoms with Crippen molar-refractivity contribution in [3.63, 3.8) is 0 Å². The number of rotatable bonds is 7. The van der Waals surface area contributed by atoms with Gasteiger partial charge in [0.15, 0.2) is 0 Å². The van der Waals surface area contributed by atoms with Crippen LogP contribution in [0.15, 0.2) is 18.2 Å². The van der Waals surface area contributed by atoms with E-state index in [1.165, 1.54) is 0 Å². The minimum Gasteiger partial charge on any atom is -0.496 e. The molecule has 1 amide bonds. The largest absolute Gasteiger partial charge is 0.496 e. The van der Waals surface area contributed by atoms with Crippen LogP contribution in [0.5, 0.6) is 5.75 Å². The normalized spacial score (nSPS) is 10.9. The van der Waals surface area contributed by atoms with Crippen LogP contribution in [0.3, 0.4) is 0 Å². The van der Waals surface area contributed by atoms with Crippen molar-refractivity contribution in [3.8, 4) is 5.75 Å². The summed E-state index contributed by atoms with van der Waals surface area (Å²) in [6.07, 6.45) is 0.229. The van der Waals surface area contributed by atoms with E-state index < -0.39 is 11.7 Å². The SMILES string of the molecule is COc1ccc(C)cc1COC(=O)CCCNC(=O)OC(C)(C)C. The number of methoxy groups -OCH3 is 1. The first kappa shape index (κ1) is 19.8. The highest BCUT2D eigenvalue weighted by atomic mass is 16.6. The van der Waals surface area contributed by atoms with E-state index in [1.807, 2.05) is 25.1 Å². The molecule has 0 aliphatic heterocycles. The molecule has 0 radical (unpaired) electrons. The minimum atomic E-state index is -0.532. The number of esters is 1. The average Bonchev–Trinajstić information content (AvgIpc) is 2.48. The Labute approximate surface area is 143 Å². The van der Waals surface area contributed by atoms with Gasteiger partial charge in [-0.3, -0.25) is 4.79 Å². The molecular weight excluding hydrogens is 310 g/mol. The quantitative estimate of drug-likeness (QED) is 0.610. The number of amides is 1. The van der Waals surface area contributed by atoms with E-state index in [-0.39, 0.29) is 19.0 Å². The van der Waals surface area contributed by atoms with Gasteiger partial charge >= 0.3 is 12.1 Å². The van der Waals surface area contributed by atoms with Crippen molar-refractivity contribution < 1.29 is 23.8 Å². The number of aryl methyl sites for hydroxylation is 1. The van der Waals surface area contributed by atoms with Crippen LogP contribution in [-0.2, 0) is 20.9 Å². The van der Waals surface area contributed by atoms with Gasteiger partial charge < -0.3 is 19.5 Å². The zero-order chi connectivity index (χ0) is 18.2. The van der Waals surface area contributed by atoms with Crippen molar-refractivity contribution in [2.24, 2.45) is 0 Å². The maximum Gasteiger partial charge on any atom is 0.407 e. The second kappa shape index (κ2) is 9.15. The molecule has 0 aromatic heterocycles. The highest BCUT2D eigenvalue weighted by molar-refractivity contribution is 5.70. The standard InChI is InChI=1S/C18H27NO5/c1-13-8-9-15(22-5)14(11-13)12-23-16(20)7-6-10-19-17(21)24-18(2,3)4/h8-9,11H,6-7,10,12H2,1-5H3,(H,19,21). The number of hydrogen-bond donors (Lipinski definition) is 1.